The highest BCUT2D eigenvalue weighted by Crippen LogP contribution is 2.09. The zero-order chi connectivity index (χ0) is 16.2. The molecule has 2 heterocycles. The fourth-order valence-corrected chi connectivity index (χ4v) is 2.72. The van der Waals surface area contributed by atoms with Gasteiger partial charge in [-0.05, 0) is 19.1 Å². The third kappa shape index (κ3) is 3.50. The van der Waals surface area contributed by atoms with Crippen LogP contribution in [0.3, 0.4) is 0 Å². The molecule has 1 amide bonds. The molecule has 1 aromatic heterocycles. The number of para-hydroxylation sites is 1. The summed E-state index contributed by atoms with van der Waals surface area (Å²) >= 11 is 0. The molecule has 1 N–H and O–H groups in total. The molecule has 0 radical (unpaired) electrons. The van der Waals surface area contributed by atoms with E-state index in [2.05, 4.69) is 14.9 Å². The predicted molar refractivity (Wildman–Crippen MR) is 86.2 cm³/mol. The maximum atomic E-state index is 12.1. The van der Waals surface area contributed by atoms with Gasteiger partial charge in [-0.1, -0.05) is 12.1 Å². The molecule has 0 bridgehead atoms. The Balaban J connectivity index is 1.65. The van der Waals surface area contributed by atoms with Gasteiger partial charge in [0, 0.05) is 26.2 Å². The Morgan fingerprint density at radius 2 is 2.00 bits per heavy atom. The van der Waals surface area contributed by atoms with Gasteiger partial charge in [0.2, 0.25) is 0 Å². The van der Waals surface area contributed by atoms with Crippen LogP contribution in [-0.4, -0.2) is 58.6 Å². The van der Waals surface area contributed by atoms with Crippen molar-refractivity contribution in [1.82, 2.24) is 19.8 Å². The summed E-state index contributed by atoms with van der Waals surface area (Å²) in [7, 11) is 0. The lowest BCUT2D eigenvalue weighted by molar-refractivity contribution is 0.0772. The minimum atomic E-state index is -0.260. The van der Waals surface area contributed by atoms with Crippen molar-refractivity contribution in [1.29, 1.82) is 0 Å². The highest BCUT2D eigenvalue weighted by atomic mass is 16.6. The number of benzene rings is 1. The summed E-state index contributed by atoms with van der Waals surface area (Å²) in [5.74, 6) is 0.651. The highest BCUT2D eigenvalue weighted by molar-refractivity contribution is 5.77. The summed E-state index contributed by atoms with van der Waals surface area (Å²) in [6.07, 6.45) is -0.260. The van der Waals surface area contributed by atoms with Crippen LogP contribution in [0.2, 0.25) is 0 Å². The molecule has 0 saturated carbocycles. The first kappa shape index (κ1) is 15.5. The largest absolute Gasteiger partial charge is 0.450 e. The van der Waals surface area contributed by atoms with Crippen molar-refractivity contribution in [3.8, 4) is 0 Å². The molecule has 2 aromatic rings. The molecule has 0 aliphatic carbocycles. The van der Waals surface area contributed by atoms with Gasteiger partial charge in [0.05, 0.1) is 24.1 Å². The molecule has 122 valence electrons. The first-order chi connectivity index (χ1) is 11.2. The van der Waals surface area contributed by atoms with Crippen LogP contribution in [-0.2, 0) is 11.3 Å². The van der Waals surface area contributed by atoms with E-state index in [4.69, 9.17) is 4.74 Å². The lowest BCUT2D eigenvalue weighted by atomic mass is 10.2. The van der Waals surface area contributed by atoms with Crippen LogP contribution < -0.4 is 5.56 Å². The number of nitrogens with one attached hydrogen (secondary N) is 1. The van der Waals surface area contributed by atoms with Crippen LogP contribution >= 0.6 is 0 Å². The first-order valence-corrected chi connectivity index (χ1v) is 7.79. The number of hydrogen-bond donors (Lipinski definition) is 1. The Morgan fingerprint density at radius 3 is 2.74 bits per heavy atom. The third-order valence-electron chi connectivity index (χ3n) is 3.93. The van der Waals surface area contributed by atoms with Crippen LogP contribution in [0.1, 0.15) is 12.7 Å². The summed E-state index contributed by atoms with van der Waals surface area (Å²) in [6.45, 7) is 5.46. The Bertz CT molecular complexity index is 750. The minimum Gasteiger partial charge on any atom is -0.450 e. The van der Waals surface area contributed by atoms with Crippen LogP contribution in [0, 0.1) is 0 Å². The van der Waals surface area contributed by atoms with Crippen LogP contribution in [0.15, 0.2) is 29.1 Å². The van der Waals surface area contributed by atoms with Crippen molar-refractivity contribution in [2.24, 2.45) is 0 Å². The van der Waals surface area contributed by atoms with Gasteiger partial charge in [0.25, 0.3) is 5.56 Å². The Labute approximate surface area is 133 Å². The number of aromatic nitrogens is 2. The summed E-state index contributed by atoms with van der Waals surface area (Å²) in [4.78, 5) is 35.0. The number of amides is 1. The van der Waals surface area contributed by atoms with E-state index in [9.17, 15) is 9.59 Å². The van der Waals surface area contributed by atoms with Gasteiger partial charge >= 0.3 is 6.09 Å². The lowest BCUT2D eigenvalue weighted by Crippen LogP contribution is -2.48. The van der Waals surface area contributed by atoms with E-state index in [-0.39, 0.29) is 11.7 Å². The maximum absolute atomic E-state index is 12.1. The predicted octanol–water partition coefficient (Wildman–Crippen LogP) is 1.20. The summed E-state index contributed by atoms with van der Waals surface area (Å²) in [5, 5.41) is 0.600. The van der Waals surface area contributed by atoms with E-state index < -0.39 is 0 Å². The number of fused-ring (bicyclic) bond motifs is 1. The summed E-state index contributed by atoms with van der Waals surface area (Å²) in [6, 6.07) is 7.31. The average Bonchev–Trinajstić information content (AvgIpc) is 2.56. The van der Waals surface area contributed by atoms with Crippen LogP contribution in [0.4, 0.5) is 4.79 Å². The second-order valence-electron chi connectivity index (χ2n) is 5.49. The molecule has 1 aliphatic heterocycles. The molecule has 3 rings (SSSR count). The number of carbonyl (C=O) groups is 1. The fourth-order valence-electron chi connectivity index (χ4n) is 2.72. The average molecular weight is 316 g/mol. The monoisotopic (exact) mass is 316 g/mol. The van der Waals surface area contributed by atoms with E-state index in [1.807, 2.05) is 18.2 Å². The van der Waals surface area contributed by atoms with Crippen LogP contribution in [0.5, 0.6) is 0 Å². The first-order valence-electron chi connectivity index (χ1n) is 7.79. The number of hydrogen-bond acceptors (Lipinski definition) is 5. The van der Waals surface area contributed by atoms with E-state index in [0.29, 0.717) is 43.0 Å². The Kier molecular flexibility index (Phi) is 4.57. The standard InChI is InChI=1S/C16H20N4O3/c1-2-23-16(22)20-9-7-19(8-10-20)11-14-17-13-6-4-3-5-12(13)15(21)18-14/h3-6H,2,7-11H2,1H3,(H,17,18,21). The summed E-state index contributed by atoms with van der Waals surface area (Å²) < 4.78 is 5.01. The van der Waals surface area contributed by atoms with Gasteiger partial charge in [-0.3, -0.25) is 9.69 Å². The van der Waals surface area contributed by atoms with Crippen molar-refractivity contribution in [2.45, 2.75) is 13.5 Å². The van der Waals surface area contributed by atoms with Crippen LogP contribution in [0.25, 0.3) is 10.9 Å². The number of aromatic amines is 1. The molecule has 0 spiro atoms. The van der Waals surface area contributed by atoms with Crippen molar-refractivity contribution < 1.29 is 9.53 Å². The van der Waals surface area contributed by atoms with Crippen molar-refractivity contribution in [2.75, 3.05) is 32.8 Å². The lowest BCUT2D eigenvalue weighted by Gasteiger charge is -2.33. The molecule has 1 saturated heterocycles. The van der Waals surface area contributed by atoms with E-state index in [1.165, 1.54) is 0 Å². The third-order valence-corrected chi connectivity index (χ3v) is 3.93. The van der Waals surface area contributed by atoms with Gasteiger partial charge in [0.15, 0.2) is 0 Å². The molecular weight excluding hydrogens is 296 g/mol. The number of piperazine rings is 1. The van der Waals surface area contributed by atoms with E-state index in [1.54, 1.807) is 17.9 Å². The zero-order valence-electron chi connectivity index (χ0n) is 13.1. The van der Waals surface area contributed by atoms with Gasteiger partial charge in [-0.15, -0.1) is 0 Å². The number of ether oxygens (including phenoxy) is 1. The van der Waals surface area contributed by atoms with E-state index >= 15 is 0 Å². The van der Waals surface area contributed by atoms with Gasteiger partial charge < -0.3 is 14.6 Å². The molecule has 7 nitrogen and oxygen atoms in total. The second-order valence-corrected chi connectivity index (χ2v) is 5.49. The number of rotatable bonds is 3. The zero-order valence-corrected chi connectivity index (χ0v) is 13.1. The maximum Gasteiger partial charge on any atom is 0.409 e. The topological polar surface area (TPSA) is 78.5 Å². The molecule has 1 aliphatic rings. The Morgan fingerprint density at radius 1 is 1.26 bits per heavy atom. The number of H-pyrrole nitrogens is 1. The molecular formula is C16H20N4O3. The van der Waals surface area contributed by atoms with Crippen molar-refractivity contribution >= 4 is 17.0 Å². The van der Waals surface area contributed by atoms with Gasteiger partial charge in [-0.2, -0.15) is 0 Å². The molecule has 1 fully saturated rings. The molecule has 0 unspecified atom stereocenters. The van der Waals surface area contributed by atoms with Crippen molar-refractivity contribution in [3.63, 3.8) is 0 Å². The molecule has 1 aromatic carbocycles. The summed E-state index contributed by atoms with van der Waals surface area (Å²) in [5.41, 5.74) is 0.590. The Hall–Kier alpha value is -2.41. The highest BCUT2D eigenvalue weighted by Gasteiger charge is 2.22. The SMILES string of the molecule is CCOC(=O)N1CCN(Cc2nc3ccccc3c(=O)[nH]2)CC1. The number of carbonyl (C=O) groups excluding carboxylic acids is 1. The molecule has 0 atom stereocenters. The van der Waals surface area contributed by atoms with Gasteiger partial charge in [-0.25, -0.2) is 9.78 Å². The molecule has 7 heteroatoms. The normalized spacial score (nSPS) is 15.8. The fraction of sp³-hybridized carbons (Fsp3) is 0.438. The van der Waals surface area contributed by atoms with Crippen molar-refractivity contribution in [3.05, 3.63) is 40.4 Å². The smallest absolute Gasteiger partial charge is 0.409 e. The second kappa shape index (κ2) is 6.78. The van der Waals surface area contributed by atoms with E-state index in [0.717, 1.165) is 13.1 Å². The minimum absolute atomic E-state index is 0.115. The number of nitrogens with zero attached hydrogens (tertiary/aromatic N) is 3. The van der Waals surface area contributed by atoms with Gasteiger partial charge in [0.1, 0.15) is 5.82 Å². The quantitative estimate of drug-likeness (QED) is 0.920. The molecule has 23 heavy (non-hydrogen) atoms.